The van der Waals surface area contributed by atoms with Crippen LogP contribution in [0.5, 0.6) is 11.5 Å². The van der Waals surface area contributed by atoms with Gasteiger partial charge in [0.1, 0.15) is 11.5 Å². The minimum absolute atomic E-state index is 0.0170. The molecule has 0 unspecified atom stereocenters. The van der Waals surface area contributed by atoms with E-state index >= 15 is 0 Å². The molecule has 0 spiro atoms. The maximum Gasteiger partial charge on any atom is 0.328 e. The van der Waals surface area contributed by atoms with Crippen LogP contribution in [0.25, 0.3) is 5.57 Å². The average molecular weight is 460 g/mol. The van der Waals surface area contributed by atoms with E-state index in [2.05, 4.69) is 0 Å². The molecule has 1 aromatic carbocycles. The number of carboxylic acids is 1. The Morgan fingerprint density at radius 3 is 2.18 bits per heavy atom. The average Bonchev–Trinajstić information content (AvgIpc) is 2.23. The molecule has 0 radical (unpaired) electrons. The summed E-state index contributed by atoms with van der Waals surface area (Å²) < 4.78 is 0.911. The molecule has 0 aliphatic rings. The van der Waals surface area contributed by atoms with Crippen molar-refractivity contribution in [3.05, 3.63) is 24.3 Å². The number of hydrogen-bond donors (Lipinski definition) is 3. The summed E-state index contributed by atoms with van der Waals surface area (Å²) in [5, 5.41) is 28.4. The van der Waals surface area contributed by atoms with Gasteiger partial charge in [0.05, 0.1) is 7.14 Å². The molecule has 1 aromatic rings. The number of halogens is 2. The first-order valence-electron chi connectivity index (χ1n) is 4.58. The van der Waals surface area contributed by atoms with Crippen molar-refractivity contribution in [2.75, 3.05) is 0 Å². The van der Waals surface area contributed by atoms with Gasteiger partial charge in [-0.1, -0.05) is 0 Å². The number of phenolic OH excluding ortho intramolecular Hbond substituents is 2. The number of aromatic hydroxyl groups is 2. The van der Waals surface area contributed by atoms with E-state index < -0.39 is 5.97 Å². The quantitative estimate of drug-likeness (QED) is 0.469. The topological polar surface area (TPSA) is 77.8 Å². The van der Waals surface area contributed by atoms with Crippen LogP contribution in [0.3, 0.4) is 0 Å². The summed E-state index contributed by atoms with van der Waals surface area (Å²) in [6, 6.07) is 0. The molecule has 4 nitrogen and oxygen atoms in total. The summed E-state index contributed by atoms with van der Waals surface area (Å²) >= 11 is 3.78. The van der Waals surface area contributed by atoms with Crippen LogP contribution >= 0.6 is 45.2 Å². The van der Waals surface area contributed by atoms with E-state index in [1.807, 2.05) is 45.2 Å². The van der Waals surface area contributed by atoms with Crippen molar-refractivity contribution >= 4 is 56.7 Å². The highest BCUT2D eigenvalue weighted by atomic mass is 127. The zero-order valence-corrected chi connectivity index (χ0v) is 13.4. The summed E-state index contributed by atoms with van der Waals surface area (Å²) in [5.74, 6) is -1.10. The zero-order valence-electron chi connectivity index (χ0n) is 9.08. The maximum atomic E-state index is 10.6. The fourth-order valence-corrected chi connectivity index (χ4v) is 3.79. The molecule has 0 saturated carbocycles. The Kier molecular flexibility index (Phi) is 4.64. The Morgan fingerprint density at radius 2 is 1.71 bits per heavy atom. The number of allylic oxidation sites excluding steroid dienone is 1. The Bertz CT molecular complexity index is 492. The SMILES string of the molecule is C/C(=C\C(=O)O)c1c(C)c(O)c(I)c(O)c1I. The summed E-state index contributed by atoms with van der Waals surface area (Å²) in [4.78, 5) is 10.6. The van der Waals surface area contributed by atoms with Crippen LogP contribution in [0.15, 0.2) is 6.08 Å². The molecule has 0 aromatic heterocycles. The van der Waals surface area contributed by atoms with E-state index in [-0.39, 0.29) is 11.5 Å². The number of carboxylic acid groups (broad SMARTS) is 1. The lowest BCUT2D eigenvalue weighted by Crippen LogP contribution is -1.98. The van der Waals surface area contributed by atoms with Gasteiger partial charge < -0.3 is 15.3 Å². The molecule has 0 amide bonds. The second-order valence-electron chi connectivity index (χ2n) is 3.49. The number of rotatable bonds is 2. The predicted molar refractivity (Wildman–Crippen MR) is 81.2 cm³/mol. The van der Waals surface area contributed by atoms with E-state index in [0.717, 1.165) is 6.08 Å². The van der Waals surface area contributed by atoms with Crippen molar-refractivity contribution in [2.45, 2.75) is 13.8 Å². The Balaban J connectivity index is 3.61. The molecule has 0 aliphatic carbocycles. The lowest BCUT2D eigenvalue weighted by atomic mass is 10.00. The molecule has 0 saturated heterocycles. The van der Waals surface area contributed by atoms with Gasteiger partial charge in [-0.3, -0.25) is 0 Å². The molecular weight excluding hydrogens is 450 g/mol. The predicted octanol–water partition coefficient (Wildman–Crippen LogP) is 3.10. The summed E-state index contributed by atoms with van der Waals surface area (Å²) in [6.07, 6.45) is 1.05. The Hall–Kier alpha value is -0.510. The van der Waals surface area contributed by atoms with Crippen LogP contribution in [0, 0.1) is 14.1 Å². The van der Waals surface area contributed by atoms with Crippen molar-refractivity contribution < 1.29 is 20.1 Å². The highest BCUT2D eigenvalue weighted by Crippen LogP contribution is 2.41. The Morgan fingerprint density at radius 1 is 1.18 bits per heavy atom. The zero-order chi connectivity index (χ0) is 13.3. The molecule has 1 rings (SSSR count). The van der Waals surface area contributed by atoms with Gasteiger partial charge in [0, 0.05) is 17.2 Å². The van der Waals surface area contributed by atoms with E-state index in [0.29, 0.717) is 23.8 Å². The van der Waals surface area contributed by atoms with Crippen molar-refractivity contribution in [3.63, 3.8) is 0 Å². The molecule has 3 N–H and O–H groups in total. The van der Waals surface area contributed by atoms with Crippen molar-refractivity contribution in [3.8, 4) is 11.5 Å². The first-order chi connectivity index (χ1) is 7.77. The lowest BCUT2D eigenvalue weighted by Gasteiger charge is -2.14. The summed E-state index contributed by atoms with van der Waals surface area (Å²) in [5.41, 5.74) is 1.61. The fourth-order valence-electron chi connectivity index (χ4n) is 1.50. The van der Waals surface area contributed by atoms with Crippen LogP contribution in [0.2, 0.25) is 0 Å². The van der Waals surface area contributed by atoms with Crippen LogP contribution in [0.1, 0.15) is 18.1 Å². The minimum atomic E-state index is -1.06. The molecule has 0 heterocycles. The third kappa shape index (κ3) is 2.84. The van der Waals surface area contributed by atoms with Gasteiger partial charge in [-0.05, 0) is 64.6 Å². The first kappa shape index (κ1) is 14.6. The monoisotopic (exact) mass is 460 g/mol. The largest absolute Gasteiger partial charge is 0.506 e. The van der Waals surface area contributed by atoms with Crippen LogP contribution in [-0.4, -0.2) is 21.3 Å². The number of phenols is 2. The van der Waals surface area contributed by atoms with Gasteiger partial charge in [-0.15, -0.1) is 0 Å². The number of carbonyl (C=O) groups is 1. The highest BCUT2D eigenvalue weighted by Gasteiger charge is 2.19. The van der Waals surface area contributed by atoms with Gasteiger partial charge in [0.2, 0.25) is 0 Å². The molecule has 92 valence electrons. The van der Waals surface area contributed by atoms with Gasteiger partial charge in [0.15, 0.2) is 0 Å². The van der Waals surface area contributed by atoms with Gasteiger partial charge in [0.25, 0.3) is 0 Å². The Labute approximate surface area is 126 Å². The minimum Gasteiger partial charge on any atom is -0.506 e. The molecule has 6 heteroatoms. The van der Waals surface area contributed by atoms with Crippen LogP contribution in [0.4, 0.5) is 0 Å². The molecule has 17 heavy (non-hydrogen) atoms. The molecular formula is C11H10I2O4. The van der Waals surface area contributed by atoms with Crippen LogP contribution in [-0.2, 0) is 4.79 Å². The molecule has 0 bridgehead atoms. The van der Waals surface area contributed by atoms with Crippen molar-refractivity contribution in [2.24, 2.45) is 0 Å². The van der Waals surface area contributed by atoms with Gasteiger partial charge >= 0.3 is 5.97 Å². The number of benzene rings is 1. The van der Waals surface area contributed by atoms with Gasteiger partial charge in [-0.25, -0.2) is 4.79 Å². The standard InChI is InChI=1S/C11H10I2O4/c1-4(3-6(14)15)7-5(2)10(16)9(13)11(17)8(7)12/h3,16-17H,1-2H3,(H,14,15)/b4-3+. The smallest absolute Gasteiger partial charge is 0.328 e. The fraction of sp³-hybridized carbons (Fsp3) is 0.182. The second kappa shape index (κ2) is 5.42. The summed E-state index contributed by atoms with van der Waals surface area (Å²) in [7, 11) is 0. The maximum absolute atomic E-state index is 10.6. The van der Waals surface area contributed by atoms with E-state index in [9.17, 15) is 15.0 Å². The van der Waals surface area contributed by atoms with E-state index in [1.54, 1.807) is 13.8 Å². The molecule has 0 atom stereocenters. The highest BCUT2D eigenvalue weighted by molar-refractivity contribution is 14.1. The van der Waals surface area contributed by atoms with Crippen molar-refractivity contribution in [1.29, 1.82) is 0 Å². The van der Waals surface area contributed by atoms with Gasteiger partial charge in [-0.2, -0.15) is 0 Å². The normalized spacial score (nSPS) is 11.6. The number of hydrogen-bond acceptors (Lipinski definition) is 3. The molecule has 0 aliphatic heterocycles. The molecule has 0 fully saturated rings. The van der Waals surface area contributed by atoms with Crippen LogP contribution < -0.4 is 0 Å². The second-order valence-corrected chi connectivity index (χ2v) is 5.65. The third-order valence-corrected chi connectivity index (χ3v) is 4.38. The van der Waals surface area contributed by atoms with E-state index in [1.165, 1.54) is 0 Å². The van der Waals surface area contributed by atoms with Crippen molar-refractivity contribution in [1.82, 2.24) is 0 Å². The number of aliphatic carboxylic acids is 1. The first-order valence-corrected chi connectivity index (χ1v) is 6.74. The third-order valence-electron chi connectivity index (χ3n) is 2.31. The lowest BCUT2D eigenvalue weighted by molar-refractivity contribution is -0.131. The summed E-state index contributed by atoms with van der Waals surface area (Å²) in [6.45, 7) is 3.32. The van der Waals surface area contributed by atoms with E-state index in [4.69, 9.17) is 5.11 Å².